The van der Waals surface area contributed by atoms with Gasteiger partial charge in [-0.15, -0.1) is 0 Å². The Kier molecular flexibility index (Phi) is 5.06. The van der Waals surface area contributed by atoms with Crippen LogP contribution in [0.4, 0.5) is 5.69 Å². The lowest BCUT2D eigenvalue weighted by atomic mass is 9.57. The number of aliphatic hydroxyl groups excluding tert-OH is 2. The summed E-state index contributed by atoms with van der Waals surface area (Å²) in [5, 5.41) is 43.9. The third kappa shape index (κ3) is 2.90. The van der Waals surface area contributed by atoms with E-state index in [9.17, 15) is 34.8 Å². The van der Waals surface area contributed by atoms with E-state index in [1.807, 2.05) is 19.0 Å². The molecule has 3 aliphatic carbocycles. The van der Waals surface area contributed by atoms with E-state index in [1.54, 1.807) is 20.2 Å². The highest BCUT2D eigenvalue weighted by molar-refractivity contribution is 6.24. The summed E-state index contributed by atoms with van der Waals surface area (Å²) in [7, 11) is 6.75. The minimum atomic E-state index is -2.63. The normalized spacial score (nSPS) is 29.1. The number of anilines is 1. The number of hydrogen-bond donors (Lipinski definition) is 5. The van der Waals surface area contributed by atoms with Crippen LogP contribution in [0.1, 0.15) is 19.0 Å². The fraction of sp³-hybridized carbons (Fsp3) is 0.435. The van der Waals surface area contributed by atoms with Crippen molar-refractivity contribution in [3.8, 4) is 5.75 Å². The van der Waals surface area contributed by atoms with Gasteiger partial charge in [0.2, 0.25) is 5.78 Å². The number of aliphatic hydroxyl groups is 3. The van der Waals surface area contributed by atoms with E-state index in [4.69, 9.17) is 5.73 Å². The Hall–Kier alpha value is -3.37. The Morgan fingerprint density at radius 3 is 2.33 bits per heavy atom. The van der Waals surface area contributed by atoms with Gasteiger partial charge in [0.05, 0.1) is 11.6 Å². The van der Waals surface area contributed by atoms with Crippen LogP contribution in [-0.2, 0) is 20.8 Å². The van der Waals surface area contributed by atoms with Gasteiger partial charge in [-0.05, 0) is 50.6 Å². The lowest BCUT2D eigenvalue weighted by molar-refractivity contribution is -0.153. The molecule has 3 aliphatic rings. The zero-order chi connectivity index (χ0) is 24.6. The molecule has 10 nitrogen and oxygen atoms in total. The van der Waals surface area contributed by atoms with Gasteiger partial charge in [-0.2, -0.15) is 0 Å². The zero-order valence-electron chi connectivity index (χ0n) is 19.8. The van der Waals surface area contributed by atoms with E-state index >= 15 is 0 Å². The minimum absolute atomic E-state index is 0. The quantitative estimate of drug-likeness (QED) is 0.396. The number of phenols is 1. The summed E-state index contributed by atoms with van der Waals surface area (Å²) in [5.41, 5.74) is 3.15. The Balaban J connectivity index is 0.00000324. The number of hydrogen-bond acceptors (Lipinski definition) is 9. The monoisotopic (exact) mass is 458 g/mol. The highest BCUT2D eigenvalue weighted by Crippen LogP contribution is 2.53. The molecule has 176 valence electrons. The number of benzene rings is 1. The van der Waals surface area contributed by atoms with E-state index in [0.29, 0.717) is 5.56 Å². The van der Waals surface area contributed by atoms with Crippen molar-refractivity contribution in [2.45, 2.75) is 24.5 Å². The number of phenolic OH excluding ortho intramolecular Hbond substituents is 1. The molecular weight excluding hydrogens is 430 g/mol. The molecule has 1 amide bonds. The third-order valence-corrected chi connectivity index (χ3v) is 7.06. The molecule has 1 saturated carbocycles. The van der Waals surface area contributed by atoms with Gasteiger partial charge < -0.3 is 31.1 Å². The molecule has 1 fully saturated rings. The SMILES string of the molecule is CN(C)c1ccc(O)c2c1C[C@H]1C[C@H]3[C@H](N(C)C)C(=O)C(C(N)=O)=C(O)[C@@]3(O)C(=O)C1=C2O.[H+]. The number of carbonyl (C=O) groups excluding carboxylic acids is 3. The first-order valence-corrected chi connectivity index (χ1v) is 10.5. The number of nitrogens with zero attached hydrogens (tertiary/aromatic N) is 2. The Bertz CT molecular complexity index is 1170. The predicted octanol–water partition coefficient (Wildman–Crippen LogP) is 0.143. The molecule has 33 heavy (non-hydrogen) atoms. The maximum absolute atomic E-state index is 13.7. The zero-order valence-corrected chi connectivity index (χ0v) is 18.8. The van der Waals surface area contributed by atoms with Crippen LogP contribution in [0.2, 0.25) is 0 Å². The van der Waals surface area contributed by atoms with Crippen LogP contribution in [0, 0.1) is 11.8 Å². The fourth-order valence-electron chi connectivity index (χ4n) is 5.65. The van der Waals surface area contributed by atoms with Crippen molar-refractivity contribution < 1.29 is 36.2 Å². The number of likely N-dealkylation sites (N-methyl/N-ethyl adjacent to an activating group) is 1. The van der Waals surface area contributed by atoms with E-state index in [-0.39, 0.29) is 31.2 Å². The van der Waals surface area contributed by atoms with Crippen LogP contribution in [0.25, 0.3) is 5.76 Å². The smallest absolute Gasteiger partial charge is 0.508 e. The van der Waals surface area contributed by atoms with E-state index in [2.05, 4.69) is 0 Å². The second-order valence-electron chi connectivity index (χ2n) is 9.31. The summed E-state index contributed by atoms with van der Waals surface area (Å²) < 4.78 is 0. The Morgan fingerprint density at radius 2 is 1.79 bits per heavy atom. The largest absolute Gasteiger partial charge is 1.00 e. The van der Waals surface area contributed by atoms with Gasteiger partial charge >= 0.3 is 1.43 Å². The van der Waals surface area contributed by atoms with Crippen LogP contribution in [0.5, 0.6) is 5.75 Å². The molecule has 0 unspecified atom stereocenters. The number of amides is 1. The van der Waals surface area contributed by atoms with Gasteiger partial charge in [0.15, 0.2) is 11.4 Å². The molecule has 0 heterocycles. The lowest BCUT2D eigenvalue weighted by Gasteiger charge is -2.50. The van der Waals surface area contributed by atoms with Gasteiger partial charge in [0.25, 0.3) is 5.91 Å². The van der Waals surface area contributed by atoms with Crippen molar-refractivity contribution in [3.63, 3.8) is 0 Å². The first kappa shape index (κ1) is 22.8. The topological polar surface area (TPSA) is 165 Å². The summed E-state index contributed by atoms with van der Waals surface area (Å²) in [6, 6.07) is 2.01. The van der Waals surface area contributed by atoms with Crippen molar-refractivity contribution in [2.75, 3.05) is 33.1 Å². The summed E-state index contributed by atoms with van der Waals surface area (Å²) in [6.07, 6.45) is 0.324. The molecule has 4 rings (SSSR count). The fourth-order valence-corrected chi connectivity index (χ4v) is 5.65. The standard InChI is InChI=1S/C23H27N3O7/c1-25(2)12-5-6-13(27)15-10(12)7-9-8-11-17(26(3)4)19(29)16(22(24)32)21(31)23(11,33)20(30)14(9)18(15)28/h5-6,9,11,17,27-28,31,33H,7-8H2,1-4H3,(H2,24,32)/p+1/t9-,11-,17-,23-/m0/s1. The molecule has 1 aromatic rings. The molecule has 0 bridgehead atoms. The van der Waals surface area contributed by atoms with Crippen LogP contribution >= 0.6 is 0 Å². The molecule has 0 radical (unpaired) electrons. The average molecular weight is 458 g/mol. The molecule has 4 atom stereocenters. The number of nitrogens with two attached hydrogens (primary N) is 1. The highest BCUT2D eigenvalue weighted by Gasteiger charge is 2.64. The number of aromatic hydroxyl groups is 1. The average Bonchev–Trinajstić information content (AvgIpc) is 2.70. The highest BCUT2D eigenvalue weighted by atomic mass is 16.3. The van der Waals surface area contributed by atoms with Gasteiger partial charge in [-0.1, -0.05) is 0 Å². The Morgan fingerprint density at radius 1 is 1.15 bits per heavy atom. The van der Waals surface area contributed by atoms with Gasteiger partial charge in [-0.25, -0.2) is 0 Å². The number of primary amides is 1. The predicted molar refractivity (Wildman–Crippen MR) is 120 cm³/mol. The molecule has 0 aromatic heterocycles. The molecule has 1 aromatic carbocycles. The Labute approximate surface area is 191 Å². The van der Waals surface area contributed by atoms with E-state index < -0.39 is 58.0 Å². The summed E-state index contributed by atoms with van der Waals surface area (Å²) in [6.45, 7) is 0. The number of ketones is 2. The van der Waals surface area contributed by atoms with E-state index in [1.165, 1.54) is 11.0 Å². The van der Waals surface area contributed by atoms with Crippen molar-refractivity contribution in [2.24, 2.45) is 17.6 Å². The summed E-state index contributed by atoms with van der Waals surface area (Å²) in [4.78, 5) is 42.0. The maximum atomic E-state index is 13.7. The molecular formula is C23H28N3O7+. The molecule has 10 heteroatoms. The summed E-state index contributed by atoms with van der Waals surface area (Å²) >= 11 is 0. The number of carbonyl (C=O) groups is 3. The number of fused-ring (bicyclic) bond motifs is 3. The lowest BCUT2D eigenvalue weighted by Crippen LogP contribution is -2.65. The molecule has 0 saturated heterocycles. The number of rotatable bonds is 3. The van der Waals surface area contributed by atoms with Crippen molar-refractivity contribution in [1.29, 1.82) is 0 Å². The van der Waals surface area contributed by atoms with E-state index in [0.717, 1.165) is 5.69 Å². The molecule has 0 aliphatic heterocycles. The maximum Gasteiger partial charge on any atom is 1.00 e. The number of Topliss-reactive ketones (excluding diaryl/α,β-unsaturated/α-hetero) is 2. The van der Waals surface area contributed by atoms with Gasteiger partial charge in [0, 0.05) is 31.3 Å². The third-order valence-electron chi connectivity index (χ3n) is 7.06. The summed E-state index contributed by atoms with van der Waals surface area (Å²) in [5.74, 6) is -6.54. The van der Waals surface area contributed by atoms with Crippen LogP contribution < -0.4 is 10.6 Å². The minimum Gasteiger partial charge on any atom is -0.508 e. The van der Waals surface area contributed by atoms with Crippen LogP contribution in [0.15, 0.2) is 29.0 Å². The van der Waals surface area contributed by atoms with Gasteiger partial charge in [-0.3, -0.25) is 19.3 Å². The molecule has 0 spiro atoms. The van der Waals surface area contributed by atoms with Gasteiger partial charge in [0.1, 0.15) is 22.8 Å². The van der Waals surface area contributed by atoms with Crippen LogP contribution in [-0.4, -0.2) is 82.6 Å². The first-order valence-electron chi connectivity index (χ1n) is 10.5. The second kappa shape index (κ2) is 7.32. The first-order chi connectivity index (χ1) is 15.3. The van der Waals surface area contributed by atoms with Crippen LogP contribution in [0.3, 0.4) is 0 Å². The van der Waals surface area contributed by atoms with Crippen molar-refractivity contribution in [3.05, 3.63) is 40.2 Å². The van der Waals surface area contributed by atoms with Crippen molar-refractivity contribution in [1.82, 2.24) is 4.90 Å². The second-order valence-corrected chi connectivity index (χ2v) is 9.31. The molecule has 6 N–H and O–H groups in total. The van der Waals surface area contributed by atoms with Crippen molar-refractivity contribution >= 4 is 28.9 Å².